The average molecular weight is 188 g/mol. The zero-order valence-corrected chi connectivity index (χ0v) is 8.27. The number of nitrogens with zero attached hydrogens (tertiary/aromatic N) is 2. The van der Waals surface area contributed by atoms with Gasteiger partial charge in [-0.2, -0.15) is 5.10 Å². The van der Waals surface area contributed by atoms with Crippen molar-refractivity contribution in [3.05, 3.63) is 36.2 Å². The van der Waals surface area contributed by atoms with Crippen molar-refractivity contribution in [2.75, 3.05) is 0 Å². The van der Waals surface area contributed by atoms with E-state index in [1.54, 1.807) is 10.7 Å². The van der Waals surface area contributed by atoms with E-state index in [1.807, 2.05) is 38.2 Å². The summed E-state index contributed by atoms with van der Waals surface area (Å²) in [6, 6.07) is 5.56. The Bertz CT molecular complexity index is 471. The molecule has 72 valence electrons. The number of carbonyl (C=O) groups excluding carboxylic acids is 1. The molecule has 0 bridgehead atoms. The topological polar surface area (TPSA) is 34.4 Å². The van der Waals surface area contributed by atoms with E-state index in [1.165, 1.54) is 0 Å². The molecule has 0 N–H and O–H groups in total. The number of carbonyl (C=O) groups is 1. The van der Waals surface area contributed by atoms with Crippen LogP contribution >= 0.6 is 0 Å². The molecule has 2 heterocycles. The summed E-state index contributed by atoms with van der Waals surface area (Å²) in [4.78, 5) is 11.7. The average Bonchev–Trinajstić information content (AvgIpc) is 2.62. The molecule has 2 aromatic heterocycles. The molecule has 0 radical (unpaired) electrons. The van der Waals surface area contributed by atoms with Crippen LogP contribution in [0, 0.1) is 5.92 Å². The van der Waals surface area contributed by atoms with Gasteiger partial charge in [0.1, 0.15) is 0 Å². The summed E-state index contributed by atoms with van der Waals surface area (Å²) in [5.41, 5.74) is 1.71. The van der Waals surface area contributed by atoms with E-state index in [0.717, 1.165) is 11.1 Å². The Balaban J connectivity index is 2.48. The molecule has 0 saturated carbocycles. The molecule has 0 unspecified atom stereocenters. The SMILES string of the molecule is CC(C)C(=O)c1ccn2nccc2c1. The summed E-state index contributed by atoms with van der Waals surface area (Å²) < 4.78 is 1.75. The normalized spacial score (nSPS) is 11.1. The summed E-state index contributed by atoms with van der Waals surface area (Å²) in [6.07, 6.45) is 3.53. The van der Waals surface area contributed by atoms with Crippen LogP contribution in [0.5, 0.6) is 0 Å². The van der Waals surface area contributed by atoms with Crippen molar-refractivity contribution in [2.45, 2.75) is 13.8 Å². The Morgan fingerprint density at radius 2 is 2.21 bits per heavy atom. The fraction of sp³-hybridized carbons (Fsp3) is 0.273. The lowest BCUT2D eigenvalue weighted by Gasteiger charge is -2.03. The molecule has 0 atom stereocenters. The highest BCUT2D eigenvalue weighted by molar-refractivity contribution is 5.98. The molecule has 0 aromatic carbocycles. The van der Waals surface area contributed by atoms with Crippen molar-refractivity contribution >= 4 is 11.3 Å². The summed E-state index contributed by atoms with van der Waals surface area (Å²) in [5.74, 6) is 0.217. The van der Waals surface area contributed by atoms with E-state index in [2.05, 4.69) is 5.10 Å². The molecule has 3 nitrogen and oxygen atoms in total. The van der Waals surface area contributed by atoms with Crippen molar-refractivity contribution in [3.63, 3.8) is 0 Å². The second kappa shape index (κ2) is 3.25. The number of fused-ring (bicyclic) bond motifs is 1. The first-order chi connectivity index (χ1) is 6.68. The third kappa shape index (κ3) is 1.41. The second-order valence-corrected chi connectivity index (χ2v) is 3.64. The van der Waals surface area contributed by atoms with Crippen LogP contribution in [0.25, 0.3) is 5.52 Å². The Morgan fingerprint density at radius 1 is 1.43 bits per heavy atom. The molecule has 3 heteroatoms. The molecule has 0 saturated heterocycles. The third-order valence-corrected chi connectivity index (χ3v) is 2.21. The maximum absolute atomic E-state index is 11.7. The van der Waals surface area contributed by atoms with E-state index in [9.17, 15) is 4.79 Å². The van der Waals surface area contributed by atoms with Crippen LogP contribution in [0.4, 0.5) is 0 Å². The minimum atomic E-state index is 0.0420. The Hall–Kier alpha value is -1.64. The van der Waals surface area contributed by atoms with Crippen LogP contribution in [-0.4, -0.2) is 15.4 Å². The number of hydrogen-bond acceptors (Lipinski definition) is 2. The van der Waals surface area contributed by atoms with E-state index >= 15 is 0 Å². The van der Waals surface area contributed by atoms with Gasteiger partial charge in [-0.3, -0.25) is 4.79 Å². The summed E-state index contributed by atoms with van der Waals surface area (Å²) in [7, 11) is 0. The van der Waals surface area contributed by atoms with Crippen molar-refractivity contribution < 1.29 is 4.79 Å². The van der Waals surface area contributed by atoms with Gasteiger partial charge in [-0.15, -0.1) is 0 Å². The number of aromatic nitrogens is 2. The van der Waals surface area contributed by atoms with Gasteiger partial charge in [-0.1, -0.05) is 13.8 Å². The summed E-state index contributed by atoms with van der Waals surface area (Å²) >= 11 is 0. The van der Waals surface area contributed by atoms with Crippen LogP contribution in [0.15, 0.2) is 30.6 Å². The highest BCUT2D eigenvalue weighted by Crippen LogP contribution is 2.11. The van der Waals surface area contributed by atoms with Gasteiger partial charge in [0.25, 0.3) is 0 Å². The number of rotatable bonds is 2. The lowest BCUT2D eigenvalue weighted by Crippen LogP contribution is -2.07. The van der Waals surface area contributed by atoms with Gasteiger partial charge in [-0.25, -0.2) is 4.52 Å². The maximum atomic E-state index is 11.7. The van der Waals surface area contributed by atoms with E-state index < -0.39 is 0 Å². The lowest BCUT2D eigenvalue weighted by atomic mass is 10.0. The smallest absolute Gasteiger partial charge is 0.165 e. The van der Waals surface area contributed by atoms with Gasteiger partial charge in [0.05, 0.1) is 5.52 Å². The zero-order valence-electron chi connectivity index (χ0n) is 8.27. The fourth-order valence-corrected chi connectivity index (χ4v) is 1.41. The first-order valence-corrected chi connectivity index (χ1v) is 4.66. The molecule has 2 aromatic rings. The van der Waals surface area contributed by atoms with Crippen LogP contribution in [0.1, 0.15) is 24.2 Å². The molecular formula is C11H12N2O. The van der Waals surface area contributed by atoms with E-state index in [-0.39, 0.29) is 11.7 Å². The minimum Gasteiger partial charge on any atom is -0.294 e. The first kappa shape index (κ1) is 8.94. The molecule has 0 aliphatic carbocycles. The number of pyridine rings is 1. The Morgan fingerprint density at radius 3 is 2.93 bits per heavy atom. The molecular weight excluding hydrogens is 176 g/mol. The first-order valence-electron chi connectivity index (χ1n) is 4.66. The van der Waals surface area contributed by atoms with Crippen LogP contribution in [0.3, 0.4) is 0 Å². The van der Waals surface area contributed by atoms with Crippen molar-refractivity contribution in [1.29, 1.82) is 0 Å². The van der Waals surface area contributed by atoms with Gasteiger partial charge in [0.15, 0.2) is 5.78 Å². The predicted molar refractivity (Wildman–Crippen MR) is 54.4 cm³/mol. The van der Waals surface area contributed by atoms with Crippen LogP contribution < -0.4 is 0 Å². The molecule has 0 spiro atoms. The van der Waals surface area contributed by atoms with E-state index in [0.29, 0.717) is 0 Å². The third-order valence-electron chi connectivity index (χ3n) is 2.21. The molecule has 2 rings (SSSR count). The largest absolute Gasteiger partial charge is 0.294 e. The molecule has 0 aliphatic heterocycles. The quantitative estimate of drug-likeness (QED) is 0.677. The highest BCUT2D eigenvalue weighted by atomic mass is 16.1. The van der Waals surface area contributed by atoms with E-state index in [4.69, 9.17) is 0 Å². The fourth-order valence-electron chi connectivity index (χ4n) is 1.41. The predicted octanol–water partition coefficient (Wildman–Crippen LogP) is 2.17. The Labute approximate surface area is 82.4 Å². The molecule has 0 amide bonds. The molecule has 0 aliphatic rings. The number of ketones is 1. The Kier molecular flexibility index (Phi) is 2.08. The highest BCUT2D eigenvalue weighted by Gasteiger charge is 2.10. The molecule has 14 heavy (non-hydrogen) atoms. The van der Waals surface area contributed by atoms with Crippen molar-refractivity contribution in [1.82, 2.24) is 9.61 Å². The number of Topliss-reactive ketones (excluding diaryl/α,β-unsaturated/α-hetero) is 1. The van der Waals surface area contributed by atoms with Gasteiger partial charge in [-0.05, 0) is 18.2 Å². The van der Waals surface area contributed by atoms with Gasteiger partial charge >= 0.3 is 0 Å². The standard InChI is InChI=1S/C11H12N2O/c1-8(2)11(14)9-4-6-13-10(7-9)3-5-12-13/h3-8H,1-2H3. The van der Waals surface area contributed by atoms with Gasteiger partial charge in [0.2, 0.25) is 0 Å². The zero-order chi connectivity index (χ0) is 10.1. The molecule has 0 fully saturated rings. The number of hydrogen-bond donors (Lipinski definition) is 0. The summed E-state index contributed by atoms with van der Waals surface area (Å²) in [5, 5.41) is 4.07. The van der Waals surface area contributed by atoms with Gasteiger partial charge < -0.3 is 0 Å². The minimum absolute atomic E-state index is 0.0420. The summed E-state index contributed by atoms with van der Waals surface area (Å²) in [6.45, 7) is 3.81. The lowest BCUT2D eigenvalue weighted by molar-refractivity contribution is 0.0939. The second-order valence-electron chi connectivity index (χ2n) is 3.64. The maximum Gasteiger partial charge on any atom is 0.165 e. The van der Waals surface area contributed by atoms with Crippen molar-refractivity contribution in [3.8, 4) is 0 Å². The van der Waals surface area contributed by atoms with Crippen molar-refractivity contribution in [2.24, 2.45) is 5.92 Å². The monoisotopic (exact) mass is 188 g/mol. The van der Waals surface area contributed by atoms with Crippen LogP contribution in [-0.2, 0) is 0 Å². The van der Waals surface area contributed by atoms with Crippen LogP contribution in [0.2, 0.25) is 0 Å². The van der Waals surface area contributed by atoms with Gasteiger partial charge in [0, 0.05) is 23.9 Å².